The molecule has 25 heavy (non-hydrogen) atoms. The zero-order valence-electron chi connectivity index (χ0n) is 14.5. The van der Waals surface area contributed by atoms with Crippen molar-refractivity contribution in [1.29, 1.82) is 0 Å². The molecule has 0 bridgehead atoms. The number of amides is 1. The van der Waals surface area contributed by atoms with Crippen LogP contribution < -0.4 is 4.90 Å². The molecule has 2 aromatic carbocycles. The standard InChI is InChI=1S/C19H20ClN3OS/c1-13-8-9-16-17(12-13)25-19(21-16)23(11-10-22(2)3)18(24)14-6-4-5-7-15(14)20/h4-9,12H,10-11H2,1-3H3. The van der Waals surface area contributed by atoms with Gasteiger partial charge >= 0.3 is 0 Å². The second-order valence-electron chi connectivity index (χ2n) is 6.21. The average Bonchev–Trinajstić information content (AvgIpc) is 2.97. The van der Waals surface area contributed by atoms with E-state index in [1.54, 1.807) is 17.0 Å². The average molecular weight is 374 g/mol. The Hall–Kier alpha value is -1.95. The number of likely N-dealkylation sites (N-methyl/N-ethyl adjacent to an activating group) is 1. The molecule has 0 unspecified atom stereocenters. The molecular formula is C19H20ClN3OS. The molecule has 3 aromatic rings. The first-order valence-corrected chi connectivity index (χ1v) is 9.23. The van der Waals surface area contributed by atoms with Crippen LogP contribution in [0.25, 0.3) is 10.2 Å². The van der Waals surface area contributed by atoms with E-state index in [4.69, 9.17) is 11.6 Å². The van der Waals surface area contributed by atoms with Crippen molar-refractivity contribution in [2.45, 2.75) is 6.92 Å². The molecule has 6 heteroatoms. The summed E-state index contributed by atoms with van der Waals surface area (Å²) in [6, 6.07) is 13.3. The molecule has 1 aromatic heterocycles. The first kappa shape index (κ1) is 17.9. The van der Waals surface area contributed by atoms with Gasteiger partial charge < -0.3 is 4.90 Å². The van der Waals surface area contributed by atoms with Crippen molar-refractivity contribution in [2.24, 2.45) is 0 Å². The van der Waals surface area contributed by atoms with Gasteiger partial charge in [0.15, 0.2) is 5.13 Å². The highest BCUT2D eigenvalue weighted by Crippen LogP contribution is 2.31. The first-order valence-electron chi connectivity index (χ1n) is 8.04. The first-order chi connectivity index (χ1) is 12.0. The molecule has 1 amide bonds. The Labute approximate surface area is 156 Å². The number of aryl methyl sites for hydroxylation is 1. The zero-order chi connectivity index (χ0) is 18.0. The van der Waals surface area contributed by atoms with Crippen molar-refractivity contribution >= 4 is 44.2 Å². The molecule has 0 aliphatic rings. The molecule has 4 nitrogen and oxygen atoms in total. The maximum Gasteiger partial charge on any atom is 0.261 e. The molecule has 0 aliphatic carbocycles. The van der Waals surface area contributed by atoms with Crippen LogP contribution >= 0.6 is 22.9 Å². The Kier molecular flexibility index (Phi) is 5.37. The van der Waals surface area contributed by atoms with Crippen LogP contribution in [0.1, 0.15) is 15.9 Å². The minimum atomic E-state index is -0.122. The van der Waals surface area contributed by atoms with E-state index in [9.17, 15) is 4.79 Å². The third kappa shape index (κ3) is 4.00. The number of hydrogen-bond donors (Lipinski definition) is 0. The maximum absolute atomic E-state index is 13.1. The number of anilines is 1. The topological polar surface area (TPSA) is 36.4 Å². The highest BCUT2D eigenvalue weighted by Gasteiger charge is 2.23. The number of benzene rings is 2. The van der Waals surface area contributed by atoms with Gasteiger partial charge in [0.2, 0.25) is 0 Å². The Morgan fingerprint density at radius 2 is 1.92 bits per heavy atom. The van der Waals surface area contributed by atoms with Gasteiger partial charge in [-0.1, -0.05) is 41.1 Å². The van der Waals surface area contributed by atoms with Gasteiger partial charge in [-0.15, -0.1) is 0 Å². The number of rotatable bonds is 5. The normalized spacial score (nSPS) is 11.2. The number of hydrogen-bond acceptors (Lipinski definition) is 4. The van der Waals surface area contributed by atoms with Gasteiger partial charge in [0, 0.05) is 13.1 Å². The van der Waals surface area contributed by atoms with Crippen LogP contribution in [0.3, 0.4) is 0 Å². The Bertz CT molecular complexity index is 907. The van der Waals surface area contributed by atoms with Crippen molar-refractivity contribution < 1.29 is 4.79 Å². The summed E-state index contributed by atoms with van der Waals surface area (Å²) in [6.45, 7) is 3.35. The fraction of sp³-hybridized carbons (Fsp3) is 0.263. The molecule has 0 saturated carbocycles. The van der Waals surface area contributed by atoms with Gasteiger partial charge in [0.05, 0.1) is 20.8 Å². The van der Waals surface area contributed by atoms with E-state index in [0.29, 0.717) is 22.3 Å². The van der Waals surface area contributed by atoms with E-state index in [1.165, 1.54) is 16.9 Å². The predicted molar refractivity (Wildman–Crippen MR) is 106 cm³/mol. The van der Waals surface area contributed by atoms with Crippen molar-refractivity contribution in [3.63, 3.8) is 0 Å². The molecule has 0 aliphatic heterocycles. The van der Waals surface area contributed by atoms with Crippen LogP contribution in [0.15, 0.2) is 42.5 Å². The smallest absolute Gasteiger partial charge is 0.261 e. The predicted octanol–water partition coefficient (Wildman–Crippen LogP) is 4.47. The van der Waals surface area contributed by atoms with E-state index in [2.05, 4.69) is 18.0 Å². The Balaban J connectivity index is 2.01. The van der Waals surface area contributed by atoms with Gasteiger partial charge in [-0.2, -0.15) is 0 Å². The lowest BCUT2D eigenvalue weighted by Crippen LogP contribution is -2.36. The summed E-state index contributed by atoms with van der Waals surface area (Å²) in [6.07, 6.45) is 0. The minimum absolute atomic E-state index is 0.122. The van der Waals surface area contributed by atoms with E-state index in [1.807, 2.05) is 43.3 Å². The van der Waals surface area contributed by atoms with Gasteiger partial charge in [-0.05, 0) is 50.8 Å². The summed E-state index contributed by atoms with van der Waals surface area (Å²) in [5, 5.41) is 1.16. The third-order valence-corrected chi connectivity index (χ3v) is 5.25. The summed E-state index contributed by atoms with van der Waals surface area (Å²) in [5.41, 5.74) is 2.59. The number of nitrogens with zero attached hydrogens (tertiary/aromatic N) is 3. The monoisotopic (exact) mass is 373 g/mol. The van der Waals surface area contributed by atoms with E-state index in [0.717, 1.165) is 16.8 Å². The largest absolute Gasteiger partial charge is 0.308 e. The van der Waals surface area contributed by atoms with Crippen LogP contribution in [0.2, 0.25) is 5.02 Å². The SMILES string of the molecule is Cc1ccc2nc(N(CCN(C)C)C(=O)c3ccccc3Cl)sc2c1. The lowest BCUT2D eigenvalue weighted by molar-refractivity contribution is 0.0985. The van der Waals surface area contributed by atoms with Crippen molar-refractivity contribution in [3.05, 3.63) is 58.6 Å². The van der Waals surface area contributed by atoms with Crippen LogP contribution in [0, 0.1) is 6.92 Å². The van der Waals surface area contributed by atoms with Crippen molar-refractivity contribution in [3.8, 4) is 0 Å². The van der Waals surface area contributed by atoms with Crippen LogP contribution in [-0.2, 0) is 0 Å². The highest BCUT2D eigenvalue weighted by atomic mass is 35.5. The number of carbonyl (C=O) groups excluding carboxylic acids is 1. The van der Waals surface area contributed by atoms with Crippen molar-refractivity contribution in [1.82, 2.24) is 9.88 Å². The number of fused-ring (bicyclic) bond motifs is 1. The minimum Gasteiger partial charge on any atom is -0.308 e. The van der Waals surface area contributed by atoms with Gasteiger partial charge in [0.1, 0.15) is 0 Å². The van der Waals surface area contributed by atoms with E-state index < -0.39 is 0 Å². The molecule has 0 fully saturated rings. The molecule has 3 rings (SSSR count). The third-order valence-electron chi connectivity index (χ3n) is 3.88. The quantitative estimate of drug-likeness (QED) is 0.662. The Morgan fingerprint density at radius 3 is 2.64 bits per heavy atom. The van der Waals surface area contributed by atoms with Crippen LogP contribution in [0.4, 0.5) is 5.13 Å². The number of thiazole rings is 1. The lowest BCUT2D eigenvalue weighted by atomic mass is 10.2. The molecule has 0 radical (unpaired) electrons. The highest BCUT2D eigenvalue weighted by molar-refractivity contribution is 7.22. The van der Waals surface area contributed by atoms with Gasteiger partial charge in [0.25, 0.3) is 5.91 Å². The van der Waals surface area contributed by atoms with Crippen LogP contribution in [-0.4, -0.2) is 43.0 Å². The molecule has 0 saturated heterocycles. The lowest BCUT2D eigenvalue weighted by Gasteiger charge is -2.22. The summed E-state index contributed by atoms with van der Waals surface area (Å²) in [5.74, 6) is -0.122. The fourth-order valence-corrected chi connectivity index (χ4v) is 3.80. The molecule has 0 spiro atoms. The van der Waals surface area contributed by atoms with Gasteiger partial charge in [-0.3, -0.25) is 9.69 Å². The summed E-state index contributed by atoms with van der Waals surface area (Å²) >= 11 is 7.77. The summed E-state index contributed by atoms with van der Waals surface area (Å²) < 4.78 is 1.08. The molecule has 1 heterocycles. The molecule has 0 N–H and O–H groups in total. The summed E-state index contributed by atoms with van der Waals surface area (Å²) in [4.78, 5) is 21.6. The number of aromatic nitrogens is 1. The van der Waals surface area contributed by atoms with E-state index in [-0.39, 0.29) is 5.91 Å². The number of carbonyl (C=O) groups is 1. The molecule has 0 atom stereocenters. The second-order valence-corrected chi connectivity index (χ2v) is 7.62. The fourth-order valence-electron chi connectivity index (χ4n) is 2.50. The Morgan fingerprint density at radius 1 is 1.16 bits per heavy atom. The van der Waals surface area contributed by atoms with E-state index >= 15 is 0 Å². The zero-order valence-corrected chi connectivity index (χ0v) is 16.1. The summed E-state index contributed by atoms with van der Waals surface area (Å²) in [7, 11) is 3.97. The van der Waals surface area contributed by atoms with Crippen molar-refractivity contribution in [2.75, 3.05) is 32.1 Å². The van der Waals surface area contributed by atoms with Crippen LogP contribution in [0.5, 0.6) is 0 Å². The maximum atomic E-state index is 13.1. The molecule has 130 valence electrons. The second kappa shape index (κ2) is 7.52. The molecular weight excluding hydrogens is 354 g/mol. The number of halogens is 1. The van der Waals surface area contributed by atoms with Gasteiger partial charge in [-0.25, -0.2) is 4.98 Å².